The van der Waals surface area contributed by atoms with Crippen LogP contribution in [0.25, 0.3) is 0 Å². The number of amides is 2. The molecule has 2 aromatic rings. The van der Waals surface area contributed by atoms with Crippen LogP contribution < -0.4 is 4.74 Å². The van der Waals surface area contributed by atoms with Gasteiger partial charge >= 0.3 is 0 Å². The molecule has 0 unspecified atom stereocenters. The lowest BCUT2D eigenvalue weighted by atomic mass is 10.1. The van der Waals surface area contributed by atoms with Gasteiger partial charge in [-0.3, -0.25) is 14.5 Å². The Morgan fingerprint density at radius 3 is 2.55 bits per heavy atom. The number of carbonyl (C=O) groups excluding carboxylic acids is 2. The van der Waals surface area contributed by atoms with Gasteiger partial charge in [-0.15, -0.1) is 0 Å². The number of hydrogen-bond acceptors (Lipinski definition) is 4. The van der Waals surface area contributed by atoms with Gasteiger partial charge in [-0.05, 0) is 30.7 Å². The van der Waals surface area contributed by atoms with Crippen LogP contribution in [0.3, 0.4) is 0 Å². The number of ether oxygens (including phenoxy) is 1. The van der Waals surface area contributed by atoms with Crippen molar-refractivity contribution in [2.75, 3.05) is 46.8 Å². The largest absolute Gasteiger partial charge is 0.488 e. The van der Waals surface area contributed by atoms with E-state index >= 15 is 0 Å². The molecule has 1 heterocycles. The van der Waals surface area contributed by atoms with Crippen molar-refractivity contribution in [3.8, 4) is 5.75 Å². The zero-order chi connectivity index (χ0) is 22.4. The van der Waals surface area contributed by atoms with E-state index in [1.807, 2.05) is 23.1 Å². The van der Waals surface area contributed by atoms with Crippen LogP contribution in [0.2, 0.25) is 10.0 Å². The lowest BCUT2D eigenvalue weighted by Gasteiger charge is -2.23. The summed E-state index contributed by atoms with van der Waals surface area (Å²) in [6.07, 6.45) is 0.815. The molecule has 0 spiro atoms. The van der Waals surface area contributed by atoms with Crippen molar-refractivity contribution in [2.45, 2.75) is 13.0 Å². The molecular weight excluding hydrogens is 437 g/mol. The normalized spacial score (nSPS) is 14.8. The fourth-order valence-electron chi connectivity index (χ4n) is 3.40. The van der Waals surface area contributed by atoms with Crippen molar-refractivity contribution in [2.24, 2.45) is 0 Å². The summed E-state index contributed by atoms with van der Waals surface area (Å²) >= 11 is 12.2. The number of nitrogens with zero attached hydrogens (tertiary/aromatic N) is 3. The van der Waals surface area contributed by atoms with Crippen molar-refractivity contribution in [3.05, 3.63) is 63.6 Å². The molecule has 0 radical (unpaired) electrons. The van der Waals surface area contributed by atoms with Crippen molar-refractivity contribution in [3.63, 3.8) is 0 Å². The van der Waals surface area contributed by atoms with Crippen LogP contribution in [0.4, 0.5) is 0 Å². The number of para-hydroxylation sites is 1. The maximum Gasteiger partial charge on any atom is 0.257 e. The molecule has 2 aromatic carbocycles. The third-order valence-electron chi connectivity index (χ3n) is 5.25. The van der Waals surface area contributed by atoms with E-state index in [0.29, 0.717) is 47.5 Å². The Labute approximate surface area is 193 Å². The van der Waals surface area contributed by atoms with Gasteiger partial charge < -0.3 is 14.5 Å². The third kappa shape index (κ3) is 6.35. The van der Waals surface area contributed by atoms with Gasteiger partial charge in [-0.2, -0.15) is 0 Å². The topological polar surface area (TPSA) is 53.1 Å². The van der Waals surface area contributed by atoms with Gasteiger partial charge in [0.1, 0.15) is 12.4 Å². The Kier molecular flexibility index (Phi) is 8.18. The summed E-state index contributed by atoms with van der Waals surface area (Å²) in [4.78, 5) is 30.8. The Morgan fingerprint density at radius 2 is 1.81 bits per heavy atom. The highest BCUT2D eigenvalue weighted by atomic mass is 35.5. The van der Waals surface area contributed by atoms with Gasteiger partial charge in [-0.1, -0.05) is 41.4 Å². The van der Waals surface area contributed by atoms with Gasteiger partial charge in [-0.25, -0.2) is 0 Å². The second kappa shape index (κ2) is 10.8. The number of carbonyl (C=O) groups is 2. The number of rotatable bonds is 6. The smallest absolute Gasteiger partial charge is 0.257 e. The van der Waals surface area contributed by atoms with Crippen LogP contribution in [0.15, 0.2) is 42.5 Å². The van der Waals surface area contributed by atoms with Gasteiger partial charge in [0.25, 0.3) is 5.91 Å². The third-order valence-corrected chi connectivity index (χ3v) is 5.84. The Bertz CT molecular complexity index is 936. The van der Waals surface area contributed by atoms with Gasteiger partial charge in [0.05, 0.1) is 12.1 Å². The molecule has 166 valence electrons. The van der Waals surface area contributed by atoms with Crippen LogP contribution in [0, 0.1) is 0 Å². The highest BCUT2D eigenvalue weighted by Crippen LogP contribution is 2.25. The minimum absolute atomic E-state index is 0.0689. The summed E-state index contributed by atoms with van der Waals surface area (Å²) in [6, 6.07) is 12.5. The molecule has 1 saturated heterocycles. The first-order valence-corrected chi connectivity index (χ1v) is 11.0. The van der Waals surface area contributed by atoms with E-state index in [1.165, 1.54) is 0 Å². The first kappa shape index (κ1) is 23.4. The van der Waals surface area contributed by atoms with Crippen LogP contribution >= 0.6 is 23.2 Å². The molecule has 2 amide bonds. The molecule has 31 heavy (non-hydrogen) atoms. The molecule has 3 rings (SSSR count). The monoisotopic (exact) mass is 463 g/mol. The van der Waals surface area contributed by atoms with Crippen molar-refractivity contribution in [1.82, 2.24) is 14.7 Å². The van der Waals surface area contributed by atoms with Crippen LogP contribution in [-0.4, -0.2) is 73.3 Å². The zero-order valence-electron chi connectivity index (χ0n) is 17.8. The van der Waals surface area contributed by atoms with Crippen LogP contribution in [-0.2, 0) is 11.4 Å². The molecule has 8 heteroatoms. The first-order valence-electron chi connectivity index (χ1n) is 10.2. The molecule has 6 nitrogen and oxygen atoms in total. The molecule has 1 fully saturated rings. The predicted molar refractivity (Wildman–Crippen MR) is 123 cm³/mol. The van der Waals surface area contributed by atoms with E-state index in [4.69, 9.17) is 27.9 Å². The summed E-state index contributed by atoms with van der Waals surface area (Å²) in [5.74, 6) is 0.514. The zero-order valence-corrected chi connectivity index (χ0v) is 19.3. The predicted octanol–water partition coefficient (Wildman–Crippen LogP) is 3.81. The molecule has 0 atom stereocenters. The van der Waals surface area contributed by atoms with E-state index in [0.717, 1.165) is 18.5 Å². The highest BCUT2D eigenvalue weighted by Gasteiger charge is 2.24. The van der Waals surface area contributed by atoms with E-state index < -0.39 is 0 Å². The summed E-state index contributed by atoms with van der Waals surface area (Å²) < 4.78 is 5.95. The highest BCUT2D eigenvalue weighted by molar-refractivity contribution is 6.35. The number of hydrogen-bond donors (Lipinski definition) is 0. The summed E-state index contributed by atoms with van der Waals surface area (Å²) in [6.45, 7) is 3.27. The molecule has 1 aliphatic rings. The number of likely N-dealkylation sites (N-methyl/N-ethyl adjacent to an activating group) is 1. The summed E-state index contributed by atoms with van der Waals surface area (Å²) in [5.41, 5.74) is 1.31. The Balaban J connectivity index is 1.66. The van der Waals surface area contributed by atoms with Crippen molar-refractivity contribution in [1.29, 1.82) is 0 Å². The number of benzene rings is 2. The van der Waals surface area contributed by atoms with Crippen LogP contribution in [0.1, 0.15) is 22.3 Å². The summed E-state index contributed by atoms with van der Waals surface area (Å²) in [5, 5.41) is 1.09. The van der Waals surface area contributed by atoms with Crippen molar-refractivity contribution >= 4 is 35.0 Å². The Morgan fingerprint density at radius 1 is 1.03 bits per heavy atom. The molecule has 0 aliphatic carbocycles. The maximum atomic E-state index is 13.2. The SMILES string of the molecule is CN(C)C(=O)CN1CCCN(C(=O)c2ccccc2OCc2ccc(Cl)cc2Cl)CC1. The van der Waals surface area contributed by atoms with Crippen LogP contribution in [0.5, 0.6) is 5.75 Å². The minimum atomic E-state index is -0.0708. The quantitative estimate of drug-likeness (QED) is 0.653. The minimum Gasteiger partial charge on any atom is -0.488 e. The van der Waals surface area contributed by atoms with Gasteiger partial charge in [0.15, 0.2) is 0 Å². The number of halogens is 2. The standard InChI is InChI=1S/C23H27Cl2N3O3/c1-26(2)22(29)15-27-10-5-11-28(13-12-27)23(30)19-6-3-4-7-21(19)31-16-17-8-9-18(24)14-20(17)25/h3-4,6-9,14H,5,10-13,15-16H2,1-2H3. The Hall–Kier alpha value is -2.28. The molecule has 0 aromatic heterocycles. The molecular formula is C23H27Cl2N3O3. The molecule has 0 N–H and O–H groups in total. The van der Waals surface area contributed by atoms with E-state index in [9.17, 15) is 9.59 Å². The fraction of sp³-hybridized carbons (Fsp3) is 0.391. The van der Waals surface area contributed by atoms with E-state index in [1.54, 1.807) is 43.3 Å². The molecule has 0 saturated carbocycles. The van der Waals surface area contributed by atoms with Gasteiger partial charge in [0.2, 0.25) is 5.91 Å². The molecule has 0 bridgehead atoms. The average molecular weight is 464 g/mol. The van der Waals surface area contributed by atoms with Crippen molar-refractivity contribution < 1.29 is 14.3 Å². The lowest BCUT2D eigenvalue weighted by Crippen LogP contribution is -2.39. The van der Waals surface area contributed by atoms with E-state index in [2.05, 4.69) is 4.90 Å². The lowest BCUT2D eigenvalue weighted by molar-refractivity contribution is -0.129. The second-order valence-electron chi connectivity index (χ2n) is 7.73. The second-order valence-corrected chi connectivity index (χ2v) is 8.57. The average Bonchev–Trinajstić information content (AvgIpc) is 2.98. The maximum absolute atomic E-state index is 13.2. The fourth-order valence-corrected chi connectivity index (χ4v) is 3.86. The van der Waals surface area contributed by atoms with E-state index in [-0.39, 0.29) is 18.4 Å². The molecule has 1 aliphatic heterocycles. The first-order chi connectivity index (χ1) is 14.8. The van der Waals surface area contributed by atoms with Gasteiger partial charge in [0, 0.05) is 55.9 Å². The summed E-state index contributed by atoms with van der Waals surface area (Å²) in [7, 11) is 3.51.